The maximum atomic E-state index is 13.4. The first-order valence-electron chi connectivity index (χ1n) is 11.4. The van der Waals surface area contributed by atoms with Gasteiger partial charge in [-0.2, -0.15) is 0 Å². The summed E-state index contributed by atoms with van der Waals surface area (Å²) in [6.07, 6.45) is 3.26. The lowest BCUT2D eigenvalue weighted by Gasteiger charge is -2.46. The highest BCUT2D eigenvalue weighted by molar-refractivity contribution is 5.97. The molecule has 170 valence electrons. The second-order valence-electron chi connectivity index (χ2n) is 8.92. The van der Waals surface area contributed by atoms with E-state index in [4.69, 9.17) is 9.47 Å². The first-order chi connectivity index (χ1) is 15.4. The van der Waals surface area contributed by atoms with E-state index in [-0.39, 0.29) is 23.5 Å². The number of carbonyl (C=O) groups is 2. The van der Waals surface area contributed by atoms with Crippen LogP contribution in [0.2, 0.25) is 0 Å². The Kier molecular flexibility index (Phi) is 6.51. The van der Waals surface area contributed by atoms with E-state index in [2.05, 4.69) is 11.4 Å². The highest BCUT2D eigenvalue weighted by Gasteiger charge is 2.41. The number of ether oxygens (including phenoxy) is 2. The van der Waals surface area contributed by atoms with Gasteiger partial charge < -0.3 is 19.7 Å². The number of carbonyl (C=O) groups excluding carboxylic acids is 2. The van der Waals surface area contributed by atoms with Crippen molar-refractivity contribution in [3.8, 4) is 16.9 Å². The van der Waals surface area contributed by atoms with Crippen molar-refractivity contribution in [1.29, 1.82) is 0 Å². The quantitative estimate of drug-likeness (QED) is 0.788. The van der Waals surface area contributed by atoms with E-state index in [0.717, 1.165) is 53.7 Å². The third-order valence-electron chi connectivity index (χ3n) is 6.83. The molecule has 6 heteroatoms. The van der Waals surface area contributed by atoms with Crippen LogP contribution >= 0.6 is 0 Å². The van der Waals surface area contributed by atoms with Crippen LogP contribution in [-0.2, 0) is 9.53 Å². The summed E-state index contributed by atoms with van der Waals surface area (Å²) in [7, 11) is 1.65. The van der Waals surface area contributed by atoms with Gasteiger partial charge in [0.25, 0.3) is 5.91 Å². The Balaban J connectivity index is 1.46. The highest BCUT2D eigenvalue weighted by atomic mass is 16.5. The molecule has 6 nitrogen and oxygen atoms in total. The van der Waals surface area contributed by atoms with Gasteiger partial charge in [0.1, 0.15) is 5.75 Å². The molecule has 2 aliphatic heterocycles. The minimum atomic E-state index is -0.234. The fourth-order valence-electron chi connectivity index (χ4n) is 5.03. The fourth-order valence-corrected chi connectivity index (χ4v) is 5.03. The Labute approximate surface area is 189 Å². The van der Waals surface area contributed by atoms with Crippen molar-refractivity contribution in [1.82, 2.24) is 10.2 Å². The molecule has 1 atom stereocenters. The van der Waals surface area contributed by atoms with Crippen molar-refractivity contribution >= 4 is 11.8 Å². The molecule has 0 saturated carbocycles. The lowest BCUT2D eigenvalue weighted by atomic mass is 9.82. The number of nitrogens with one attached hydrogen (secondary N) is 1. The summed E-state index contributed by atoms with van der Waals surface area (Å²) in [4.78, 5) is 26.8. The first kappa shape index (κ1) is 22.3. The molecule has 1 spiro atoms. The Bertz CT molecular complexity index is 978. The van der Waals surface area contributed by atoms with E-state index >= 15 is 0 Å². The van der Waals surface area contributed by atoms with Crippen molar-refractivity contribution in [3.05, 3.63) is 53.6 Å². The molecule has 2 heterocycles. The van der Waals surface area contributed by atoms with Crippen molar-refractivity contribution in [2.75, 3.05) is 26.8 Å². The zero-order valence-corrected chi connectivity index (χ0v) is 19.1. The van der Waals surface area contributed by atoms with Crippen molar-refractivity contribution in [2.24, 2.45) is 0 Å². The van der Waals surface area contributed by atoms with Gasteiger partial charge >= 0.3 is 0 Å². The third kappa shape index (κ3) is 4.65. The lowest BCUT2D eigenvalue weighted by molar-refractivity contribution is -0.128. The summed E-state index contributed by atoms with van der Waals surface area (Å²) in [6.45, 7) is 5.56. The molecule has 0 aliphatic carbocycles. The Hall–Kier alpha value is -2.86. The molecule has 0 unspecified atom stereocenters. The smallest absolute Gasteiger partial charge is 0.254 e. The Morgan fingerprint density at radius 3 is 2.50 bits per heavy atom. The van der Waals surface area contributed by atoms with Crippen LogP contribution in [0.1, 0.15) is 48.5 Å². The van der Waals surface area contributed by atoms with Gasteiger partial charge in [-0.25, -0.2) is 0 Å². The number of methoxy groups -OCH3 is 1. The van der Waals surface area contributed by atoms with Crippen molar-refractivity contribution in [2.45, 2.75) is 51.2 Å². The average Bonchev–Trinajstić information content (AvgIpc) is 2.79. The number of benzene rings is 2. The third-order valence-corrected chi connectivity index (χ3v) is 6.83. The van der Waals surface area contributed by atoms with E-state index in [1.54, 1.807) is 14.0 Å². The van der Waals surface area contributed by atoms with E-state index < -0.39 is 0 Å². The van der Waals surface area contributed by atoms with Crippen molar-refractivity contribution in [3.63, 3.8) is 0 Å². The second-order valence-corrected chi connectivity index (χ2v) is 8.92. The molecule has 1 N–H and O–H groups in total. The predicted octanol–water partition coefficient (Wildman–Crippen LogP) is 3.96. The number of rotatable bonds is 4. The van der Waals surface area contributed by atoms with E-state index in [9.17, 15) is 9.59 Å². The molecule has 2 fully saturated rings. The zero-order chi connectivity index (χ0) is 22.7. The maximum Gasteiger partial charge on any atom is 0.254 e. The number of piperidine rings is 1. The molecular formula is C26H32N2O4. The van der Waals surface area contributed by atoms with Gasteiger partial charge in [0.05, 0.1) is 12.7 Å². The second kappa shape index (κ2) is 9.33. The fraction of sp³-hybridized carbons (Fsp3) is 0.462. The van der Waals surface area contributed by atoms with Crippen LogP contribution in [0.3, 0.4) is 0 Å². The lowest BCUT2D eigenvalue weighted by Crippen LogP contribution is -2.54. The van der Waals surface area contributed by atoms with Gasteiger partial charge in [-0.05, 0) is 67.5 Å². The molecule has 4 rings (SSSR count). The van der Waals surface area contributed by atoms with Crippen LogP contribution < -0.4 is 10.1 Å². The summed E-state index contributed by atoms with van der Waals surface area (Å²) >= 11 is 0. The molecule has 2 aromatic carbocycles. The van der Waals surface area contributed by atoms with E-state index in [1.807, 2.05) is 48.2 Å². The van der Waals surface area contributed by atoms with Crippen LogP contribution in [-0.4, -0.2) is 55.2 Å². The average molecular weight is 437 g/mol. The molecule has 32 heavy (non-hydrogen) atoms. The largest absolute Gasteiger partial charge is 0.497 e. The van der Waals surface area contributed by atoms with Gasteiger partial charge in [0, 0.05) is 38.2 Å². The number of hydrogen-bond acceptors (Lipinski definition) is 4. The molecule has 0 bridgehead atoms. The summed E-state index contributed by atoms with van der Waals surface area (Å²) < 4.78 is 11.4. The van der Waals surface area contributed by atoms with Gasteiger partial charge in [-0.15, -0.1) is 0 Å². The Morgan fingerprint density at radius 1 is 1.12 bits per heavy atom. The molecule has 2 aromatic rings. The minimum absolute atomic E-state index is 0.00637. The summed E-state index contributed by atoms with van der Waals surface area (Å²) in [5, 5.41) is 3.04. The minimum Gasteiger partial charge on any atom is -0.497 e. The number of nitrogens with zero attached hydrogens (tertiary/aromatic N) is 1. The van der Waals surface area contributed by atoms with Gasteiger partial charge in [0.2, 0.25) is 5.91 Å². The molecule has 2 saturated heterocycles. The molecule has 0 aromatic heterocycles. The molecule has 0 radical (unpaired) electrons. The molecular weight excluding hydrogens is 404 g/mol. The molecule has 2 aliphatic rings. The van der Waals surface area contributed by atoms with E-state index in [0.29, 0.717) is 19.7 Å². The molecule has 2 amide bonds. The summed E-state index contributed by atoms with van der Waals surface area (Å²) in [5.41, 5.74) is 3.62. The highest BCUT2D eigenvalue weighted by Crippen LogP contribution is 2.36. The van der Waals surface area contributed by atoms with Crippen LogP contribution in [0, 0.1) is 6.92 Å². The first-order valence-corrected chi connectivity index (χ1v) is 11.4. The zero-order valence-electron chi connectivity index (χ0n) is 19.1. The SMILES string of the molecule is COc1ccc(-c2cccc(C(=O)N3CCC4(CC3)C[C@@H](NC(C)=O)CCO4)c2C)cc1. The Morgan fingerprint density at radius 2 is 1.84 bits per heavy atom. The van der Waals surface area contributed by atoms with Crippen LogP contribution in [0.4, 0.5) is 0 Å². The van der Waals surface area contributed by atoms with Crippen LogP contribution in [0.15, 0.2) is 42.5 Å². The van der Waals surface area contributed by atoms with Gasteiger partial charge in [-0.3, -0.25) is 9.59 Å². The predicted molar refractivity (Wildman–Crippen MR) is 124 cm³/mol. The monoisotopic (exact) mass is 436 g/mol. The van der Waals surface area contributed by atoms with E-state index in [1.165, 1.54) is 0 Å². The summed E-state index contributed by atoms with van der Waals surface area (Å²) in [6, 6.07) is 14.0. The van der Waals surface area contributed by atoms with Crippen LogP contribution in [0.25, 0.3) is 11.1 Å². The maximum absolute atomic E-state index is 13.4. The van der Waals surface area contributed by atoms with Gasteiger partial charge in [-0.1, -0.05) is 24.3 Å². The summed E-state index contributed by atoms with van der Waals surface area (Å²) in [5.74, 6) is 0.889. The number of amides is 2. The topological polar surface area (TPSA) is 67.9 Å². The van der Waals surface area contributed by atoms with Gasteiger partial charge in [0.15, 0.2) is 0 Å². The van der Waals surface area contributed by atoms with Crippen LogP contribution in [0.5, 0.6) is 5.75 Å². The number of likely N-dealkylation sites (tertiary alicyclic amines) is 1. The normalized spacial score (nSPS) is 20.1. The standard InChI is InChI=1S/C26H32N2O4/c1-18-23(20-7-9-22(31-3)10-8-20)5-4-6-24(18)25(30)28-14-12-26(13-15-28)17-21(11-16-32-26)27-19(2)29/h4-10,21H,11-17H2,1-3H3,(H,27,29)/t21-/m0/s1. The van der Waals surface area contributed by atoms with Crippen molar-refractivity contribution < 1.29 is 19.1 Å². The number of hydrogen-bond donors (Lipinski definition) is 1.